The Morgan fingerprint density at radius 3 is 2.56 bits per heavy atom. The van der Waals surface area contributed by atoms with Crippen molar-refractivity contribution in [2.75, 3.05) is 32.8 Å². The Hall–Kier alpha value is -1.61. The van der Waals surface area contributed by atoms with Crippen LogP contribution >= 0.6 is 22.9 Å². The zero-order valence-electron chi connectivity index (χ0n) is 14.9. The van der Waals surface area contributed by atoms with E-state index in [0.29, 0.717) is 23.2 Å². The van der Waals surface area contributed by atoms with Crippen LogP contribution in [-0.2, 0) is 21.2 Å². The summed E-state index contributed by atoms with van der Waals surface area (Å²) in [5.74, 6) is 0.520. The SMILES string of the molecule is CCc1cccc(OCC(=O)N2CCN(S(=O)(=O)c3ccc(Cl)s3)CC2)c1. The first-order valence-electron chi connectivity index (χ1n) is 8.65. The summed E-state index contributed by atoms with van der Waals surface area (Å²) in [6.45, 7) is 3.21. The molecule has 0 atom stereocenters. The summed E-state index contributed by atoms with van der Waals surface area (Å²) in [5, 5.41) is 0. The van der Waals surface area contributed by atoms with Crippen LogP contribution in [0, 0.1) is 0 Å². The maximum atomic E-state index is 12.6. The molecule has 1 aliphatic heterocycles. The van der Waals surface area contributed by atoms with Crippen LogP contribution in [0.3, 0.4) is 0 Å². The summed E-state index contributed by atoms with van der Waals surface area (Å²) in [6.07, 6.45) is 0.900. The zero-order chi connectivity index (χ0) is 19.4. The largest absolute Gasteiger partial charge is 0.484 e. The number of halogens is 1. The molecule has 1 aromatic heterocycles. The third-order valence-corrected chi connectivity index (χ3v) is 8.00. The van der Waals surface area contributed by atoms with Crippen molar-refractivity contribution >= 4 is 38.9 Å². The predicted molar refractivity (Wildman–Crippen MR) is 106 cm³/mol. The van der Waals surface area contributed by atoms with Gasteiger partial charge in [0.05, 0.1) is 4.34 Å². The molecule has 2 heterocycles. The molecule has 0 radical (unpaired) electrons. The molecule has 0 aliphatic carbocycles. The van der Waals surface area contributed by atoms with Gasteiger partial charge in [-0.1, -0.05) is 30.7 Å². The Kier molecular flexibility index (Phi) is 6.41. The maximum absolute atomic E-state index is 12.6. The van der Waals surface area contributed by atoms with Gasteiger partial charge in [-0.3, -0.25) is 4.79 Å². The third-order valence-electron chi connectivity index (χ3n) is 4.40. The fourth-order valence-electron chi connectivity index (χ4n) is 2.83. The van der Waals surface area contributed by atoms with E-state index in [2.05, 4.69) is 6.92 Å². The number of amides is 1. The highest BCUT2D eigenvalue weighted by molar-refractivity contribution is 7.91. The van der Waals surface area contributed by atoms with Gasteiger partial charge in [-0.15, -0.1) is 11.3 Å². The van der Waals surface area contributed by atoms with Gasteiger partial charge in [-0.05, 0) is 36.2 Å². The van der Waals surface area contributed by atoms with E-state index in [1.54, 1.807) is 11.0 Å². The van der Waals surface area contributed by atoms with Crippen LogP contribution in [0.25, 0.3) is 0 Å². The molecule has 1 aliphatic rings. The molecular formula is C18H21ClN2O4S2. The van der Waals surface area contributed by atoms with Crippen LogP contribution in [0.15, 0.2) is 40.6 Å². The minimum atomic E-state index is -3.56. The molecule has 1 saturated heterocycles. The highest BCUT2D eigenvalue weighted by Gasteiger charge is 2.31. The molecule has 9 heteroatoms. The smallest absolute Gasteiger partial charge is 0.260 e. The molecule has 0 spiro atoms. The Labute approximate surface area is 168 Å². The summed E-state index contributed by atoms with van der Waals surface area (Å²) in [5.41, 5.74) is 1.15. The number of benzene rings is 1. The standard InChI is InChI=1S/C18H21ClN2O4S2/c1-2-14-4-3-5-15(12-14)25-13-17(22)20-8-10-21(11-9-20)27(23,24)18-7-6-16(19)26-18/h3-7,12H,2,8-11,13H2,1H3. The van der Waals surface area contributed by atoms with E-state index in [0.717, 1.165) is 23.3 Å². The summed E-state index contributed by atoms with van der Waals surface area (Å²) < 4.78 is 32.8. The first-order valence-corrected chi connectivity index (χ1v) is 11.3. The molecule has 146 valence electrons. The Bertz CT molecular complexity index is 906. The van der Waals surface area contributed by atoms with Gasteiger partial charge < -0.3 is 9.64 Å². The number of hydrogen-bond acceptors (Lipinski definition) is 5. The van der Waals surface area contributed by atoms with Gasteiger partial charge in [0.25, 0.3) is 15.9 Å². The highest BCUT2D eigenvalue weighted by atomic mass is 35.5. The Morgan fingerprint density at radius 2 is 1.93 bits per heavy atom. The Balaban J connectivity index is 1.53. The lowest BCUT2D eigenvalue weighted by molar-refractivity contribution is -0.134. The molecule has 1 aromatic carbocycles. The fraction of sp³-hybridized carbons (Fsp3) is 0.389. The fourth-order valence-corrected chi connectivity index (χ4v) is 5.89. The quantitative estimate of drug-likeness (QED) is 0.709. The van der Waals surface area contributed by atoms with Crippen molar-refractivity contribution in [3.8, 4) is 5.75 Å². The topological polar surface area (TPSA) is 66.9 Å². The van der Waals surface area contributed by atoms with Crippen molar-refractivity contribution < 1.29 is 17.9 Å². The maximum Gasteiger partial charge on any atom is 0.260 e. The molecular weight excluding hydrogens is 408 g/mol. The lowest BCUT2D eigenvalue weighted by atomic mass is 10.2. The van der Waals surface area contributed by atoms with Crippen molar-refractivity contribution in [1.29, 1.82) is 0 Å². The van der Waals surface area contributed by atoms with Gasteiger partial charge in [0.1, 0.15) is 9.96 Å². The number of hydrogen-bond donors (Lipinski definition) is 0. The molecule has 6 nitrogen and oxygen atoms in total. The summed E-state index contributed by atoms with van der Waals surface area (Å²) >= 11 is 6.88. The highest BCUT2D eigenvalue weighted by Crippen LogP contribution is 2.28. The number of ether oxygens (including phenoxy) is 1. The van der Waals surface area contributed by atoms with Crippen molar-refractivity contribution in [1.82, 2.24) is 9.21 Å². The number of thiophene rings is 1. The second-order valence-electron chi connectivity index (χ2n) is 6.13. The number of sulfonamides is 1. The van der Waals surface area contributed by atoms with E-state index in [4.69, 9.17) is 16.3 Å². The van der Waals surface area contributed by atoms with E-state index in [9.17, 15) is 13.2 Å². The Morgan fingerprint density at radius 1 is 1.19 bits per heavy atom. The monoisotopic (exact) mass is 428 g/mol. The normalized spacial score (nSPS) is 15.7. The second-order valence-corrected chi connectivity index (χ2v) is 10.0. The van der Waals surface area contributed by atoms with E-state index in [1.165, 1.54) is 10.4 Å². The van der Waals surface area contributed by atoms with Gasteiger partial charge in [-0.2, -0.15) is 4.31 Å². The van der Waals surface area contributed by atoms with Gasteiger partial charge in [0.2, 0.25) is 0 Å². The van der Waals surface area contributed by atoms with Gasteiger partial charge in [-0.25, -0.2) is 8.42 Å². The lowest BCUT2D eigenvalue weighted by Crippen LogP contribution is -2.51. The molecule has 0 N–H and O–H groups in total. The zero-order valence-corrected chi connectivity index (χ0v) is 17.3. The molecule has 1 amide bonds. The summed E-state index contributed by atoms with van der Waals surface area (Å²) in [6, 6.07) is 10.7. The minimum absolute atomic E-state index is 0.0551. The van der Waals surface area contributed by atoms with Gasteiger partial charge >= 0.3 is 0 Å². The first kappa shape index (κ1) is 20.1. The van der Waals surface area contributed by atoms with E-state index >= 15 is 0 Å². The molecule has 0 saturated carbocycles. The first-order chi connectivity index (χ1) is 12.9. The number of rotatable bonds is 6. The van der Waals surface area contributed by atoms with Crippen LogP contribution in [0.5, 0.6) is 5.75 Å². The summed E-state index contributed by atoms with van der Waals surface area (Å²) in [7, 11) is -3.56. The number of aryl methyl sites for hydroxylation is 1. The third kappa shape index (κ3) is 4.82. The molecule has 2 aromatic rings. The van der Waals surface area contributed by atoms with E-state index in [-0.39, 0.29) is 29.8 Å². The molecule has 0 unspecified atom stereocenters. The van der Waals surface area contributed by atoms with Gasteiger partial charge in [0, 0.05) is 26.2 Å². The average molecular weight is 429 g/mol. The van der Waals surface area contributed by atoms with Crippen LogP contribution in [0.4, 0.5) is 0 Å². The molecule has 0 bridgehead atoms. The number of nitrogens with zero attached hydrogens (tertiary/aromatic N) is 2. The van der Waals surface area contributed by atoms with Crippen molar-refractivity contribution in [2.45, 2.75) is 17.6 Å². The second kappa shape index (κ2) is 8.60. The molecule has 1 fully saturated rings. The van der Waals surface area contributed by atoms with Crippen LogP contribution in [0.1, 0.15) is 12.5 Å². The van der Waals surface area contributed by atoms with Crippen LogP contribution in [-0.4, -0.2) is 56.3 Å². The van der Waals surface area contributed by atoms with Crippen molar-refractivity contribution in [3.63, 3.8) is 0 Å². The molecule has 27 heavy (non-hydrogen) atoms. The number of carbonyl (C=O) groups excluding carboxylic acids is 1. The summed E-state index contributed by atoms with van der Waals surface area (Å²) in [4.78, 5) is 14.0. The average Bonchev–Trinajstić information content (AvgIpc) is 3.13. The number of piperazine rings is 1. The van der Waals surface area contributed by atoms with Gasteiger partial charge in [0.15, 0.2) is 6.61 Å². The molecule has 3 rings (SSSR count). The van der Waals surface area contributed by atoms with Crippen molar-refractivity contribution in [3.05, 3.63) is 46.3 Å². The van der Waals surface area contributed by atoms with Crippen LogP contribution < -0.4 is 4.74 Å². The van der Waals surface area contributed by atoms with E-state index < -0.39 is 10.0 Å². The van der Waals surface area contributed by atoms with E-state index in [1.807, 2.05) is 24.3 Å². The predicted octanol–water partition coefficient (Wildman–Crippen LogP) is 2.88. The number of carbonyl (C=O) groups is 1. The van der Waals surface area contributed by atoms with Crippen molar-refractivity contribution in [2.24, 2.45) is 0 Å². The minimum Gasteiger partial charge on any atom is -0.484 e. The lowest BCUT2D eigenvalue weighted by Gasteiger charge is -2.33. The van der Waals surface area contributed by atoms with Crippen LogP contribution in [0.2, 0.25) is 4.34 Å².